The zero-order valence-electron chi connectivity index (χ0n) is 20.3. The van der Waals surface area contributed by atoms with Gasteiger partial charge < -0.3 is 24.5 Å². The fraction of sp³-hybridized carbons (Fsp3) is 0.407. The minimum atomic E-state index is -0.631. The summed E-state index contributed by atoms with van der Waals surface area (Å²) >= 11 is 0. The maximum Gasteiger partial charge on any atom is 0.410 e. The third kappa shape index (κ3) is 4.71. The standard InChI is InChI=1S/C27H31N3O5/c1-27(2,3)35-26(33)30-12-10-29(11-13-30)16-20-22(31)9-8-19-24(32)23(34-25(19)20)14-17-15-28-21-7-5-4-6-18(17)21/h4-9,15,23,28,31H,10-14,16H2,1-3H3. The summed E-state index contributed by atoms with van der Waals surface area (Å²) in [5, 5.41) is 11.7. The van der Waals surface area contributed by atoms with E-state index in [0.717, 1.165) is 16.5 Å². The number of para-hydroxylation sites is 1. The highest BCUT2D eigenvalue weighted by molar-refractivity contribution is 6.05. The number of fused-ring (bicyclic) bond motifs is 2. The second kappa shape index (κ2) is 8.92. The van der Waals surface area contributed by atoms with Crippen LogP contribution in [0.3, 0.4) is 0 Å². The van der Waals surface area contributed by atoms with Crippen LogP contribution in [0.4, 0.5) is 4.79 Å². The Kier molecular flexibility index (Phi) is 5.92. The third-order valence-corrected chi connectivity index (χ3v) is 6.54. The topological polar surface area (TPSA) is 95.1 Å². The molecule has 1 fully saturated rings. The number of ether oxygens (including phenoxy) is 2. The monoisotopic (exact) mass is 477 g/mol. The van der Waals surface area contributed by atoms with Gasteiger partial charge in [0.25, 0.3) is 0 Å². The molecule has 0 radical (unpaired) electrons. The smallest absolute Gasteiger partial charge is 0.410 e. The molecule has 2 aliphatic heterocycles. The molecule has 2 N–H and O–H groups in total. The Hall–Kier alpha value is -3.52. The van der Waals surface area contributed by atoms with Crippen molar-refractivity contribution in [3.8, 4) is 11.5 Å². The van der Waals surface area contributed by atoms with Crippen LogP contribution in [0.15, 0.2) is 42.6 Å². The number of aromatic amines is 1. The summed E-state index contributed by atoms with van der Waals surface area (Å²) in [5.41, 5.74) is 2.64. The highest BCUT2D eigenvalue weighted by atomic mass is 16.6. The van der Waals surface area contributed by atoms with E-state index in [1.807, 2.05) is 51.2 Å². The number of hydrogen-bond donors (Lipinski definition) is 2. The van der Waals surface area contributed by atoms with Crippen LogP contribution in [-0.4, -0.2) is 69.7 Å². The SMILES string of the molecule is CC(C)(C)OC(=O)N1CCN(Cc2c(O)ccc3c2OC(Cc2c[nH]c4ccccc24)C3=O)CC1. The Morgan fingerprint density at radius 3 is 2.63 bits per heavy atom. The molecule has 5 rings (SSSR count). The predicted octanol–water partition coefficient (Wildman–Crippen LogP) is 4.11. The average Bonchev–Trinajstić information content (AvgIpc) is 3.36. The number of amides is 1. The second-order valence-corrected chi connectivity index (χ2v) is 10.2. The highest BCUT2D eigenvalue weighted by Crippen LogP contribution is 2.39. The molecular weight excluding hydrogens is 446 g/mol. The van der Waals surface area contributed by atoms with Crippen LogP contribution in [0.25, 0.3) is 10.9 Å². The molecule has 0 spiro atoms. The molecule has 3 aromatic rings. The Bertz CT molecular complexity index is 1270. The van der Waals surface area contributed by atoms with Crippen LogP contribution in [0, 0.1) is 0 Å². The van der Waals surface area contributed by atoms with Gasteiger partial charge >= 0.3 is 6.09 Å². The molecule has 1 aromatic heterocycles. The van der Waals surface area contributed by atoms with E-state index in [0.29, 0.717) is 56.0 Å². The van der Waals surface area contributed by atoms with Crippen LogP contribution in [-0.2, 0) is 17.7 Å². The number of aromatic hydroxyl groups is 1. The first-order valence-electron chi connectivity index (χ1n) is 12.0. The molecule has 8 heteroatoms. The predicted molar refractivity (Wildman–Crippen MR) is 132 cm³/mol. The van der Waals surface area contributed by atoms with Gasteiger partial charge in [0.15, 0.2) is 6.10 Å². The number of carbonyl (C=O) groups is 2. The lowest BCUT2D eigenvalue weighted by molar-refractivity contribution is 0.0137. The Labute approximate surface area is 204 Å². The molecule has 0 saturated carbocycles. The van der Waals surface area contributed by atoms with Crippen molar-refractivity contribution in [3.05, 3.63) is 59.3 Å². The number of nitrogens with one attached hydrogen (secondary N) is 1. The largest absolute Gasteiger partial charge is 0.507 e. The van der Waals surface area contributed by atoms with Gasteiger partial charge in [0.05, 0.1) is 11.1 Å². The van der Waals surface area contributed by atoms with E-state index in [2.05, 4.69) is 9.88 Å². The minimum Gasteiger partial charge on any atom is -0.507 e. The van der Waals surface area contributed by atoms with Crippen molar-refractivity contribution in [3.63, 3.8) is 0 Å². The number of carbonyl (C=O) groups excluding carboxylic acids is 2. The number of piperazine rings is 1. The number of ketones is 1. The molecule has 2 aromatic carbocycles. The lowest BCUT2D eigenvalue weighted by Crippen LogP contribution is -2.49. The fourth-order valence-corrected chi connectivity index (χ4v) is 4.74. The number of phenolic OH excluding ortho intramolecular Hbond substituents is 1. The lowest BCUT2D eigenvalue weighted by atomic mass is 10.00. The first-order chi connectivity index (χ1) is 16.7. The molecule has 3 heterocycles. The number of rotatable bonds is 4. The number of benzene rings is 2. The summed E-state index contributed by atoms with van der Waals surface area (Å²) in [6, 6.07) is 11.2. The molecule has 8 nitrogen and oxygen atoms in total. The summed E-state index contributed by atoms with van der Waals surface area (Å²) < 4.78 is 11.6. The summed E-state index contributed by atoms with van der Waals surface area (Å²) in [6.45, 7) is 8.34. The summed E-state index contributed by atoms with van der Waals surface area (Å²) in [7, 11) is 0. The van der Waals surface area contributed by atoms with E-state index in [1.54, 1.807) is 17.0 Å². The zero-order valence-corrected chi connectivity index (χ0v) is 20.3. The van der Waals surface area contributed by atoms with Crippen molar-refractivity contribution in [2.45, 2.75) is 45.4 Å². The van der Waals surface area contributed by atoms with Crippen LogP contribution in [0.1, 0.15) is 42.3 Å². The zero-order chi connectivity index (χ0) is 24.7. The van der Waals surface area contributed by atoms with Gasteiger partial charge in [-0.2, -0.15) is 0 Å². The number of nitrogens with zero attached hydrogens (tertiary/aromatic N) is 2. The Morgan fingerprint density at radius 1 is 1.14 bits per heavy atom. The van der Waals surface area contributed by atoms with E-state index < -0.39 is 11.7 Å². The third-order valence-electron chi connectivity index (χ3n) is 6.54. The summed E-state index contributed by atoms with van der Waals surface area (Å²) in [4.78, 5) is 32.6. The van der Waals surface area contributed by atoms with Crippen molar-refractivity contribution in [2.24, 2.45) is 0 Å². The lowest BCUT2D eigenvalue weighted by Gasteiger charge is -2.35. The van der Waals surface area contributed by atoms with E-state index in [-0.39, 0.29) is 17.6 Å². The number of aromatic nitrogens is 1. The Balaban J connectivity index is 1.28. The number of hydrogen-bond acceptors (Lipinski definition) is 6. The molecule has 1 amide bonds. The van der Waals surface area contributed by atoms with Crippen molar-refractivity contribution >= 4 is 22.8 Å². The summed E-state index contributed by atoms with van der Waals surface area (Å²) in [6.07, 6.45) is 1.43. The maximum atomic E-state index is 13.2. The van der Waals surface area contributed by atoms with Gasteiger partial charge in [-0.1, -0.05) is 18.2 Å². The van der Waals surface area contributed by atoms with Gasteiger partial charge in [0.1, 0.15) is 17.1 Å². The van der Waals surface area contributed by atoms with Gasteiger partial charge in [-0.05, 0) is 44.5 Å². The highest BCUT2D eigenvalue weighted by Gasteiger charge is 2.36. The van der Waals surface area contributed by atoms with E-state index in [9.17, 15) is 14.7 Å². The number of H-pyrrole nitrogens is 1. The van der Waals surface area contributed by atoms with Crippen LogP contribution < -0.4 is 4.74 Å². The van der Waals surface area contributed by atoms with Crippen LogP contribution in [0.2, 0.25) is 0 Å². The fourth-order valence-electron chi connectivity index (χ4n) is 4.74. The van der Waals surface area contributed by atoms with E-state index >= 15 is 0 Å². The molecule has 1 unspecified atom stereocenters. The minimum absolute atomic E-state index is 0.0683. The quantitative estimate of drug-likeness (QED) is 0.587. The normalized spacial score (nSPS) is 18.5. The van der Waals surface area contributed by atoms with Gasteiger partial charge in [0, 0.05) is 56.2 Å². The van der Waals surface area contributed by atoms with Crippen molar-refractivity contribution < 1.29 is 24.2 Å². The molecule has 1 atom stereocenters. The maximum absolute atomic E-state index is 13.2. The van der Waals surface area contributed by atoms with Crippen molar-refractivity contribution in [1.29, 1.82) is 0 Å². The molecule has 35 heavy (non-hydrogen) atoms. The molecule has 1 saturated heterocycles. The van der Waals surface area contributed by atoms with Gasteiger partial charge in [-0.3, -0.25) is 9.69 Å². The number of Topliss-reactive ketones (excluding diaryl/α,β-unsaturated/α-hetero) is 1. The first-order valence-corrected chi connectivity index (χ1v) is 12.0. The average molecular weight is 478 g/mol. The Morgan fingerprint density at radius 2 is 1.89 bits per heavy atom. The van der Waals surface area contributed by atoms with Gasteiger partial charge in [-0.25, -0.2) is 4.79 Å². The molecular formula is C27H31N3O5. The van der Waals surface area contributed by atoms with Gasteiger partial charge in [-0.15, -0.1) is 0 Å². The van der Waals surface area contributed by atoms with Crippen molar-refractivity contribution in [1.82, 2.24) is 14.8 Å². The van der Waals surface area contributed by atoms with E-state index in [4.69, 9.17) is 9.47 Å². The molecule has 2 aliphatic rings. The van der Waals surface area contributed by atoms with Crippen molar-refractivity contribution in [2.75, 3.05) is 26.2 Å². The van der Waals surface area contributed by atoms with Crippen LogP contribution >= 0.6 is 0 Å². The summed E-state index contributed by atoms with van der Waals surface area (Å²) in [5.74, 6) is 0.509. The van der Waals surface area contributed by atoms with Crippen LogP contribution in [0.5, 0.6) is 11.5 Å². The second-order valence-electron chi connectivity index (χ2n) is 10.2. The molecule has 0 bridgehead atoms. The molecule has 0 aliphatic carbocycles. The van der Waals surface area contributed by atoms with Gasteiger partial charge in [0.2, 0.25) is 5.78 Å². The van der Waals surface area contributed by atoms with E-state index in [1.165, 1.54) is 0 Å². The molecule has 184 valence electrons. The number of phenols is 1. The first kappa shape index (κ1) is 23.2.